The number of aromatic nitrogens is 7. The molecular weight excluding hydrogens is 511 g/mol. The van der Waals surface area contributed by atoms with Crippen LogP contribution in [0.4, 0.5) is 24.8 Å². The number of halogens is 3. The van der Waals surface area contributed by atoms with Crippen molar-refractivity contribution in [3.63, 3.8) is 0 Å². The van der Waals surface area contributed by atoms with E-state index in [1.165, 1.54) is 0 Å². The van der Waals surface area contributed by atoms with Crippen molar-refractivity contribution < 1.29 is 18.0 Å². The van der Waals surface area contributed by atoms with E-state index in [0.29, 0.717) is 40.4 Å². The number of nitrogens with one attached hydrogen (secondary N) is 1. The van der Waals surface area contributed by atoms with E-state index in [9.17, 15) is 18.0 Å². The van der Waals surface area contributed by atoms with Crippen molar-refractivity contribution in [2.24, 2.45) is 0 Å². The van der Waals surface area contributed by atoms with Gasteiger partial charge in [-0.05, 0) is 43.2 Å². The maximum absolute atomic E-state index is 13.3. The average molecular weight is 534 g/mol. The molecule has 1 amide bonds. The molecule has 0 aliphatic carbocycles. The van der Waals surface area contributed by atoms with Crippen LogP contribution in [0.2, 0.25) is 0 Å². The number of alkyl halides is 3. The number of nitrogen functional groups attached to an aromatic ring is 1. The zero-order valence-electron chi connectivity index (χ0n) is 20.6. The summed E-state index contributed by atoms with van der Waals surface area (Å²) in [5.41, 5.74) is 9.51. The first-order valence-corrected chi connectivity index (χ1v) is 12.1. The SMILES string of the molecule is Cc1ccnc(NC(=O)c2ccc(-c3nc([C@@H]4CCn5c(nnc5C(F)(F)F)C4)n4ccnc(N)c34)cc2)c1. The Morgan fingerprint density at radius 2 is 1.90 bits per heavy atom. The average Bonchev–Trinajstić information content (AvgIpc) is 3.51. The summed E-state index contributed by atoms with van der Waals surface area (Å²) in [5, 5.41) is 9.95. The van der Waals surface area contributed by atoms with E-state index in [2.05, 4.69) is 25.5 Å². The lowest BCUT2D eigenvalue weighted by Gasteiger charge is -2.23. The minimum absolute atomic E-state index is 0.117. The van der Waals surface area contributed by atoms with Crippen LogP contribution in [0.5, 0.6) is 0 Å². The molecule has 1 aromatic carbocycles. The van der Waals surface area contributed by atoms with E-state index in [0.717, 1.165) is 10.1 Å². The van der Waals surface area contributed by atoms with Crippen LogP contribution < -0.4 is 11.1 Å². The van der Waals surface area contributed by atoms with Gasteiger partial charge in [-0.1, -0.05) is 12.1 Å². The number of nitrogens with two attached hydrogens (primary N) is 1. The predicted octanol–water partition coefficient (Wildman–Crippen LogP) is 4.27. The Bertz CT molecular complexity index is 1710. The Labute approximate surface area is 219 Å². The van der Waals surface area contributed by atoms with Gasteiger partial charge in [0.05, 0.1) is 0 Å². The molecule has 0 bridgehead atoms. The molecule has 5 heterocycles. The molecule has 1 aliphatic heterocycles. The van der Waals surface area contributed by atoms with Gasteiger partial charge in [0.2, 0.25) is 5.82 Å². The normalized spacial score (nSPS) is 15.3. The smallest absolute Gasteiger partial charge is 0.382 e. The fraction of sp³-hybridized carbons (Fsp3) is 0.231. The van der Waals surface area contributed by atoms with Gasteiger partial charge < -0.3 is 15.6 Å². The first-order valence-electron chi connectivity index (χ1n) is 12.1. The summed E-state index contributed by atoms with van der Waals surface area (Å²) in [7, 11) is 0. The van der Waals surface area contributed by atoms with Gasteiger partial charge >= 0.3 is 6.18 Å². The molecule has 198 valence electrons. The van der Waals surface area contributed by atoms with Crippen LogP contribution >= 0.6 is 0 Å². The topological polar surface area (TPSA) is 129 Å². The van der Waals surface area contributed by atoms with Gasteiger partial charge in [-0.15, -0.1) is 10.2 Å². The minimum Gasteiger partial charge on any atom is -0.382 e. The highest BCUT2D eigenvalue weighted by atomic mass is 19.4. The number of imidazole rings is 1. The third-order valence-electron chi connectivity index (χ3n) is 6.76. The molecule has 0 saturated carbocycles. The minimum atomic E-state index is -4.56. The molecule has 1 atom stereocenters. The molecule has 0 unspecified atom stereocenters. The zero-order chi connectivity index (χ0) is 27.3. The molecule has 5 aromatic rings. The fourth-order valence-corrected chi connectivity index (χ4v) is 4.91. The largest absolute Gasteiger partial charge is 0.451 e. The van der Waals surface area contributed by atoms with E-state index >= 15 is 0 Å². The summed E-state index contributed by atoms with van der Waals surface area (Å²) >= 11 is 0. The Morgan fingerprint density at radius 1 is 1.10 bits per heavy atom. The van der Waals surface area contributed by atoms with Crippen molar-refractivity contribution in [3.05, 3.63) is 83.6 Å². The molecule has 1 aliphatic rings. The number of nitrogens with zero attached hydrogens (tertiary/aromatic N) is 7. The molecule has 3 N–H and O–H groups in total. The van der Waals surface area contributed by atoms with E-state index in [1.807, 2.05) is 17.4 Å². The van der Waals surface area contributed by atoms with E-state index in [4.69, 9.17) is 10.7 Å². The molecular formula is C26H22F3N9O. The molecule has 0 fully saturated rings. The number of hydrogen-bond donors (Lipinski definition) is 2. The van der Waals surface area contributed by atoms with Crippen LogP contribution in [0.15, 0.2) is 55.0 Å². The molecule has 4 aromatic heterocycles. The second-order valence-corrected chi connectivity index (χ2v) is 9.38. The number of aryl methyl sites for hydroxylation is 1. The summed E-state index contributed by atoms with van der Waals surface area (Å²) in [4.78, 5) is 26.0. The summed E-state index contributed by atoms with van der Waals surface area (Å²) in [6, 6.07) is 10.5. The number of amides is 1. The molecule has 0 radical (unpaired) electrons. The molecule has 0 saturated heterocycles. The van der Waals surface area contributed by atoms with Crippen molar-refractivity contribution in [1.29, 1.82) is 0 Å². The van der Waals surface area contributed by atoms with Crippen LogP contribution in [0, 0.1) is 6.92 Å². The van der Waals surface area contributed by atoms with Gasteiger partial charge in [0, 0.05) is 48.6 Å². The number of benzene rings is 1. The summed E-state index contributed by atoms with van der Waals surface area (Å²) < 4.78 is 42.8. The van der Waals surface area contributed by atoms with E-state index < -0.39 is 12.0 Å². The van der Waals surface area contributed by atoms with Crippen molar-refractivity contribution in [1.82, 2.24) is 34.1 Å². The Morgan fingerprint density at radius 3 is 2.64 bits per heavy atom. The van der Waals surface area contributed by atoms with E-state index in [-0.39, 0.29) is 36.4 Å². The first-order chi connectivity index (χ1) is 18.7. The van der Waals surface area contributed by atoms with Crippen LogP contribution in [0.3, 0.4) is 0 Å². The Balaban J connectivity index is 1.32. The quantitative estimate of drug-likeness (QED) is 0.353. The maximum atomic E-state index is 13.3. The van der Waals surface area contributed by atoms with Crippen LogP contribution in [0.25, 0.3) is 16.8 Å². The highest BCUT2D eigenvalue weighted by Crippen LogP contribution is 2.37. The number of carbonyl (C=O) groups excluding carboxylic acids is 1. The number of anilines is 2. The van der Waals surface area contributed by atoms with Crippen molar-refractivity contribution in [3.8, 4) is 11.3 Å². The second kappa shape index (κ2) is 9.19. The van der Waals surface area contributed by atoms with Gasteiger partial charge in [-0.25, -0.2) is 15.0 Å². The zero-order valence-corrected chi connectivity index (χ0v) is 20.6. The monoisotopic (exact) mass is 533 g/mol. The lowest BCUT2D eigenvalue weighted by Crippen LogP contribution is -2.24. The van der Waals surface area contributed by atoms with Gasteiger partial charge in [0.25, 0.3) is 5.91 Å². The third-order valence-corrected chi connectivity index (χ3v) is 6.76. The fourth-order valence-electron chi connectivity index (χ4n) is 4.91. The number of carbonyl (C=O) groups is 1. The number of pyridine rings is 1. The van der Waals surface area contributed by atoms with Crippen LogP contribution in [0.1, 0.15) is 45.7 Å². The molecule has 0 spiro atoms. The maximum Gasteiger partial charge on any atom is 0.451 e. The van der Waals surface area contributed by atoms with Crippen LogP contribution in [-0.4, -0.2) is 40.0 Å². The molecule has 6 rings (SSSR count). The van der Waals surface area contributed by atoms with Crippen molar-refractivity contribution in [2.45, 2.75) is 38.4 Å². The summed E-state index contributed by atoms with van der Waals surface area (Å²) in [5.74, 6) is 0.121. The highest BCUT2D eigenvalue weighted by Gasteiger charge is 2.40. The lowest BCUT2D eigenvalue weighted by molar-refractivity contribution is -0.147. The summed E-state index contributed by atoms with van der Waals surface area (Å²) in [6.45, 7) is 2.03. The number of rotatable bonds is 4. The predicted molar refractivity (Wildman–Crippen MR) is 136 cm³/mol. The van der Waals surface area contributed by atoms with Crippen LogP contribution in [-0.2, 0) is 19.1 Å². The Hall–Kier alpha value is -4.81. The van der Waals surface area contributed by atoms with Gasteiger partial charge in [-0.2, -0.15) is 13.2 Å². The number of hydrogen-bond acceptors (Lipinski definition) is 7. The molecule has 39 heavy (non-hydrogen) atoms. The van der Waals surface area contributed by atoms with Gasteiger partial charge in [0.15, 0.2) is 0 Å². The molecule has 10 nitrogen and oxygen atoms in total. The second-order valence-electron chi connectivity index (χ2n) is 9.38. The summed E-state index contributed by atoms with van der Waals surface area (Å²) in [6.07, 6.45) is 1.01. The number of fused-ring (bicyclic) bond motifs is 2. The highest BCUT2D eigenvalue weighted by molar-refractivity contribution is 6.04. The molecule has 13 heteroatoms. The van der Waals surface area contributed by atoms with Gasteiger partial charge in [-0.3, -0.25) is 9.20 Å². The Kier molecular flexibility index (Phi) is 5.78. The van der Waals surface area contributed by atoms with E-state index in [1.54, 1.807) is 48.9 Å². The van der Waals surface area contributed by atoms with Crippen molar-refractivity contribution in [2.75, 3.05) is 11.1 Å². The van der Waals surface area contributed by atoms with Crippen molar-refractivity contribution >= 4 is 23.1 Å². The standard InChI is InChI=1S/C26H22F3N9O/c1-14-6-8-31-18(12-14)33-24(39)16-4-2-15(3-5-16)20-21-22(30)32-9-11-38(21)23(34-20)17-7-10-37-19(13-17)35-36-25(37)26(27,28)29/h2-6,8-9,11-12,17H,7,10,13H2,1H3,(H2,30,32)(H,31,33,39)/t17-/m1/s1. The van der Waals surface area contributed by atoms with Gasteiger partial charge in [0.1, 0.15) is 34.5 Å². The third kappa shape index (κ3) is 4.45. The first kappa shape index (κ1) is 24.5. The lowest BCUT2D eigenvalue weighted by atomic mass is 9.97.